The molecule has 0 bridgehead atoms. The Morgan fingerprint density at radius 1 is 0.312 bits per heavy atom. The lowest BCUT2D eigenvalue weighted by Gasteiger charge is -2.46. The number of esters is 5. The first-order valence-electron chi connectivity index (χ1n) is 24.8. The van der Waals surface area contributed by atoms with Gasteiger partial charge in [-0.05, 0) is 173 Å². The van der Waals surface area contributed by atoms with Gasteiger partial charge in [0.05, 0.1) is 0 Å². The molecule has 0 saturated carbocycles. The summed E-state index contributed by atoms with van der Waals surface area (Å²) in [5.74, 6) is -6.45. The van der Waals surface area contributed by atoms with Gasteiger partial charge in [-0.1, -0.05) is 0 Å². The lowest BCUT2D eigenvalue weighted by atomic mass is 9.96. The van der Waals surface area contributed by atoms with Gasteiger partial charge in [0.1, 0.15) is 68.4 Å². The quantitative estimate of drug-likeness (QED) is 0.0867. The van der Waals surface area contributed by atoms with E-state index in [9.17, 15) is 47.9 Å². The predicted octanol–water partition coefficient (Wildman–Crippen LogP) is 6.05. The molecule has 1 aliphatic rings. The van der Waals surface area contributed by atoms with Crippen LogP contribution < -0.4 is 26.6 Å². The predicted molar refractivity (Wildman–Crippen MR) is 273 cm³/mol. The van der Waals surface area contributed by atoms with E-state index < -0.39 is 153 Å². The van der Waals surface area contributed by atoms with Crippen LogP contribution in [0.3, 0.4) is 0 Å². The third-order valence-corrected chi connectivity index (χ3v) is 9.54. The summed E-state index contributed by atoms with van der Waals surface area (Å²) in [6.45, 7) is 34.7. The van der Waals surface area contributed by atoms with Gasteiger partial charge in [0.15, 0.2) is 12.2 Å². The zero-order valence-corrected chi connectivity index (χ0v) is 49.7. The number of alkyl carbamates (subject to hydrolysis) is 5. The smallest absolute Gasteiger partial charge is 0.408 e. The van der Waals surface area contributed by atoms with Gasteiger partial charge in [0.2, 0.25) is 12.4 Å². The summed E-state index contributed by atoms with van der Waals surface area (Å²) in [6.07, 6.45) is -16.3. The largest absolute Gasteiger partial charge is 0.461 e. The van der Waals surface area contributed by atoms with Crippen molar-refractivity contribution >= 4 is 60.3 Å². The summed E-state index contributed by atoms with van der Waals surface area (Å²) in [7, 11) is 0. The summed E-state index contributed by atoms with van der Waals surface area (Å²) >= 11 is 0. The van der Waals surface area contributed by atoms with E-state index in [1.807, 2.05) is 0 Å². The highest BCUT2D eigenvalue weighted by molar-refractivity contribution is 5.88. The van der Waals surface area contributed by atoms with E-state index in [0.717, 1.165) is 0 Å². The fourth-order valence-corrected chi connectivity index (χ4v) is 5.96. The molecule has 1 aliphatic heterocycles. The molecule has 26 heteroatoms. The van der Waals surface area contributed by atoms with Crippen molar-refractivity contribution in [2.45, 2.75) is 259 Å². The molecule has 77 heavy (non-hydrogen) atoms. The second-order valence-corrected chi connectivity index (χ2v) is 25.9. The van der Waals surface area contributed by atoms with Crippen LogP contribution in [0.25, 0.3) is 0 Å². The van der Waals surface area contributed by atoms with Crippen molar-refractivity contribution in [3.8, 4) is 0 Å². The fourth-order valence-electron chi connectivity index (χ4n) is 5.96. The average Bonchev–Trinajstić information content (AvgIpc) is 3.13. The number of carbonyl (C=O) groups is 10. The Morgan fingerprint density at radius 2 is 0.532 bits per heavy atom. The summed E-state index contributed by atoms with van der Waals surface area (Å²) < 4.78 is 62.7. The lowest BCUT2D eigenvalue weighted by Crippen LogP contribution is -2.67. The number of ether oxygens (including phenoxy) is 11. The summed E-state index contributed by atoms with van der Waals surface area (Å²) in [6, 6.07) is 0. The molecule has 0 aliphatic carbocycles. The van der Waals surface area contributed by atoms with Crippen LogP contribution in [0.15, 0.2) is 0 Å². The highest BCUT2D eigenvalue weighted by Gasteiger charge is 2.58. The van der Waals surface area contributed by atoms with Gasteiger partial charge in [0, 0.05) is 0 Å². The Bertz CT molecular complexity index is 2190. The van der Waals surface area contributed by atoms with E-state index in [4.69, 9.17) is 52.1 Å². The lowest BCUT2D eigenvalue weighted by molar-refractivity contribution is -0.304. The molecule has 5 atom stereocenters. The van der Waals surface area contributed by atoms with Gasteiger partial charge < -0.3 is 78.7 Å². The third-order valence-electron chi connectivity index (χ3n) is 9.54. The summed E-state index contributed by atoms with van der Waals surface area (Å²) in [5, 5.41) is 11.9. The SMILES string of the molecule is CC(C)(C)OC(=O)NC(C)(C)C(=O)OC[C@H]1O[C@H](OC(=O)C(C)(C)NC(=O)OC(C)(C)C)[C@H](OC(=O)C(C)(C)NC(=O)OC(C)(C)C)[C@@H](OC(=O)C(C)(C)NC(=O)OC(C)(C)C)[C@@H]1OC(=O)C(C)(C)NC(=O)OC(C)(C)C. The molecule has 1 heterocycles. The minimum Gasteiger partial charge on any atom is -0.461 e. The van der Waals surface area contributed by atoms with E-state index in [1.165, 1.54) is 69.2 Å². The first-order chi connectivity index (χ1) is 34.1. The van der Waals surface area contributed by atoms with E-state index in [2.05, 4.69) is 26.6 Å². The number of hydrogen-bond acceptors (Lipinski definition) is 21. The molecule has 0 spiro atoms. The number of rotatable bonds is 16. The van der Waals surface area contributed by atoms with Gasteiger partial charge >= 0.3 is 60.3 Å². The fraction of sp³-hybridized carbons (Fsp3) is 0.804. The van der Waals surface area contributed by atoms with Gasteiger partial charge in [0.25, 0.3) is 0 Å². The van der Waals surface area contributed by atoms with Crippen molar-refractivity contribution < 1.29 is 100 Å². The van der Waals surface area contributed by atoms with Crippen molar-refractivity contribution in [2.75, 3.05) is 6.61 Å². The number of amides is 5. The van der Waals surface area contributed by atoms with Crippen molar-refractivity contribution in [1.29, 1.82) is 0 Å². The van der Waals surface area contributed by atoms with E-state index >= 15 is 0 Å². The first kappa shape index (κ1) is 68.7. The number of hydrogen-bond donors (Lipinski definition) is 5. The zero-order chi connectivity index (χ0) is 60.7. The molecule has 0 unspecified atom stereocenters. The van der Waals surface area contributed by atoms with Crippen LogP contribution in [-0.2, 0) is 76.1 Å². The molecule has 0 radical (unpaired) electrons. The van der Waals surface area contributed by atoms with Gasteiger partial charge in [-0.2, -0.15) is 0 Å². The Balaban J connectivity index is 4.43. The molecule has 0 aromatic carbocycles. The highest BCUT2D eigenvalue weighted by atomic mass is 16.8. The second-order valence-electron chi connectivity index (χ2n) is 25.9. The molecular formula is C51H87N5O21. The van der Waals surface area contributed by atoms with E-state index in [-0.39, 0.29) is 0 Å². The minimum absolute atomic E-state index is 0.989. The Hall–Kier alpha value is -6.34. The van der Waals surface area contributed by atoms with Crippen molar-refractivity contribution in [3.05, 3.63) is 0 Å². The van der Waals surface area contributed by atoms with Gasteiger partial charge in [-0.3, -0.25) is 0 Å². The molecule has 5 N–H and O–H groups in total. The Morgan fingerprint density at radius 3 is 0.792 bits per heavy atom. The van der Waals surface area contributed by atoms with E-state index in [0.29, 0.717) is 0 Å². The minimum atomic E-state index is -2.30. The molecule has 442 valence electrons. The monoisotopic (exact) mass is 1110 g/mol. The maximum atomic E-state index is 14.6. The first-order valence-corrected chi connectivity index (χ1v) is 24.8. The summed E-state index contributed by atoms with van der Waals surface area (Å²) in [4.78, 5) is 137. The molecule has 0 aromatic heterocycles. The summed E-state index contributed by atoms with van der Waals surface area (Å²) in [5.41, 5.74) is -15.2. The zero-order valence-electron chi connectivity index (χ0n) is 49.7. The van der Waals surface area contributed by atoms with Crippen LogP contribution in [-0.4, -0.2) is 153 Å². The maximum absolute atomic E-state index is 14.6. The van der Waals surface area contributed by atoms with Crippen molar-refractivity contribution in [2.24, 2.45) is 0 Å². The standard InChI is InChI=1S/C51H87N5O21/c1-42(2,3)73-37(62)52-47(16,17)32(57)67-26-27-28(69-33(58)48(18,19)53-38(63)74-43(4,5)6)29(70-34(59)49(20,21)54-39(64)75-44(7,8)9)30(71-35(60)50(22,23)55-40(65)76-45(10,11)12)31(68-27)72-36(61)51(24,25)56-41(66)77-46(13,14)15/h27-31H,26H2,1-25H3,(H,52,62)(H,53,63)(H,54,64)(H,55,65)(H,56,66)/t27-,28-,29+,30-,31-/m1/s1. The van der Waals surface area contributed by atoms with Crippen LogP contribution in [0.2, 0.25) is 0 Å². The molecule has 1 rings (SSSR count). The average molecular weight is 1110 g/mol. The van der Waals surface area contributed by atoms with Crippen LogP contribution in [0, 0.1) is 0 Å². The topological polar surface area (TPSA) is 332 Å². The third kappa shape index (κ3) is 24.3. The van der Waals surface area contributed by atoms with E-state index in [1.54, 1.807) is 104 Å². The molecule has 1 saturated heterocycles. The second kappa shape index (κ2) is 24.5. The van der Waals surface area contributed by atoms with Crippen molar-refractivity contribution in [3.63, 3.8) is 0 Å². The van der Waals surface area contributed by atoms with Gasteiger partial charge in [-0.15, -0.1) is 0 Å². The normalized spacial score (nSPS) is 18.8. The molecule has 5 amide bonds. The number of nitrogens with one attached hydrogen (secondary N) is 5. The van der Waals surface area contributed by atoms with Crippen LogP contribution in [0.1, 0.15) is 173 Å². The van der Waals surface area contributed by atoms with Gasteiger partial charge in [-0.25, -0.2) is 47.9 Å². The Kier molecular flexibility index (Phi) is 21.9. The maximum Gasteiger partial charge on any atom is 0.408 e. The highest BCUT2D eigenvalue weighted by Crippen LogP contribution is 2.34. The molecule has 0 aromatic rings. The Labute approximate surface area is 452 Å². The van der Waals surface area contributed by atoms with Crippen molar-refractivity contribution in [1.82, 2.24) is 26.6 Å². The van der Waals surface area contributed by atoms with Crippen LogP contribution in [0.5, 0.6) is 0 Å². The number of carbonyl (C=O) groups excluding carboxylic acids is 10. The molecular weight excluding hydrogens is 1020 g/mol. The molecule has 26 nitrogen and oxygen atoms in total. The van der Waals surface area contributed by atoms with Crippen LogP contribution in [0.4, 0.5) is 24.0 Å². The molecule has 1 fully saturated rings. The van der Waals surface area contributed by atoms with Crippen LogP contribution >= 0.6 is 0 Å².